The molecule has 1 unspecified atom stereocenters. The molecule has 1 aliphatic rings. The second-order valence-electron chi connectivity index (χ2n) is 6.71. The second-order valence-corrected chi connectivity index (χ2v) is 7.14. The highest BCUT2D eigenvalue weighted by Gasteiger charge is 2.27. The summed E-state index contributed by atoms with van der Waals surface area (Å²) in [6.07, 6.45) is 4.52. The van der Waals surface area contributed by atoms with E-state index in [-0.39, 0.29) is 12.0 Å². The number of morpholine rings is 1. The minimum absolute atomic E-state index is 0.0854. The summed E-state index contributed by atoms with van der Waals surface area (Å²) >= 11 is 5.92. The smallest absolute Gasteiger partial charge is 0.257 e. The fraction of sp³-hybridized carbons (Fsp3) is 0.368. The van der Waals surface area contributed by atoms with Crippen molar-refractivity contribution in [2.45, 2.75) is 20.0 Å². The molecule has 0 aromatic carbocycles. The topological polar surface area (TPSA) is 81.9 Å². The zero-order chi connectivity index (χ0) is 19.7. The van der Waals surface area contributed by atoms with Gasteiger partial charge in [0, 0.05) is 31.1 Å². The van der Waals surface area contributed by atoms with Gasteiger partial charge in [0.1, 0.15) is 18.5 Å². The highest BCUT2D eigenvalue weighted by atomic mass is 35.5. The summed E-state index contributed by atoms with van der Waals surface area (Å²) < 4.78 is 13.2. The maximum atomic E-state index is 13.1. The van der Waals surface area contributed by atoms with Crippen molar-refractivity contribution in [3.8, 4) is 5.75 Å². The minimum atomic E-state index is -0.236. The Balaban J connectivity index is 1.45. The van der Waals surface area contributed by atoms with Crippen LogP contribution in [0, 0.1) is 13.8 Å². The van der Waals surface area contributed by atoms with E-state index in [9.17, 15) is 4.79 Å². The van der Waals surface area contributed by atoms with Gasteiger partial charge in [-0.05, 0) is 13.8 Å². The predicted molar refractivity (Wildman–Crippen MR) is 103 cm³/mol. The minimum Gasteiger partial charge on any atom is -0.489 e. The van der Waals surface area contributed by atoms with Crippen LogP contribution in [-0.2, 0) is 4.74 Å². The quantitative estimate of drug-likeness (QED) is 0.667. The average molecular weight is 402 g/mol. The number of aromatic nitrogens is 4. The Bertz CT molecular complexity index is 1020. The fourth-order valence-electron chi connectivity index (χ4n) is 3.21. The first-order valence-corrected chi connectivity index (χ1v) is 9.35. The van der Waals surface area contributed by atoms with Gasteiger partial charge < -0.3 is 14.4 Å². The summed E-state index contributed by atoms with van der Waals surface area (Å²) in [4.78, 5) is 23.2. The Hall–Kier alpha value is -2.71. The molecule has 0 aliphatic carbocycles. The molecular weight excluding hydrogens is 382 g/mol. The molecule has 4 rings (SSSR count). The van der Waals surface area contributed by atoms with Gasteiger partial charge in [-0.15, -0.1) is 0 Å². The number of nitrogens with zero attached hydrogens (tertiary/aromatic N) is 5. The summed E-state index contributed by atoms with van der Waals surface area (Å²) in [5.41, 5.74) is 2.90. The van der Waals surface area contributed by atoms with Gasteiger partial charge in [0.25, 0.3) is 5.91 Å². The molecule has 1 atom stereocenters. The highest BCUT2D eigenvalue weighted by molar-refractivity contribution is 6.30. The predicted octanol–water partition coefficient (Wildman–Crippen LogP) is 2.31. The first kappa shape index (κ1) is 18.6. The molecule has 28 heavy (non-hydrogen) atoms. The largest absolute Gasteiger partial charge is 0.489 e. The van der Waals surface area contributed by atoms with Crippen LogP contribution in [-0.4, -0.2) is 62.8 Å². The van der Waals surface area contributed by atoms with Gasteiger partial charge in [-0.25, -0.2) is 9.50 Å². The van der Waals surface area contributed by atoms with Crippen molar-refractivity contribution in [1.29, 1.82) is 0 Å². The molecule has 0 saturated carbocycles. The van der Waals surface area contributed by atoms with Gasteiger partial charge in [0.15, 0.2) is 5.65 Å². The van der Waals surface area contributed by atoms with Crippen molar-refractivity contribution < 1.29 is 14.3 Å². The number of aryl methyl sites for hydroxylation is 2. The Morgan fingerprint density at radius 3 is 3.00 bits per heavy atom. The van der Waals surface area contributed by atoms with E-state index in [1.165, 1.54) is 0 Å². The first-order valence-electron chi connectivity index (χ1n) is 8.97. The van der Waals surface area contributed by atoms with Gasteiger partial charge in [0.05, 0.1) is 41.3 Å². The number of hydrogen-bond donors (Lipinski definition) is 0. The second kappa shape index (κ2) is 7.73. The average Bonchev–Trinajstić information content (AvgIpc) is 3.08. The number of fused-ring (bicyclic) bond motifs is 1. The Kier molecular flexibility index (Phi) is 5.15. The molecule has 8 nitrogen and oxygen atoms in total. The van der Waals surface area contributed by atoms with E-state index in [1.807, 2.05) is 19.9 Å². The molecule has 1 saturated heterocycles. The molecular formula is C19H20ClN5O3. The van der Waals surface area contributed by atoms with Gasteiger partial charge in [-0.1, -0.05) is 11.6 Å². The van der Waals surface area contributed by atoms with Crippen molar-refractivity contribution in [2.24, 2.45) is 0 Å². The third-order valence-electron chi connectivity index (χ3n) is 4.62. The Morgan fingerprint density at radius 2 is 2.18 bits per heavy atom. The summed E-state index contributed by atoms with van der Waals surface area (Å²) in [5, 5.41) is 4.91. The SMILES string of the molecule is Cc1cc2ncc(C(=O)N3CCOC(COc4cncc(Cl)c4)C3)c(C)n2n1. The number of carbonyl (C=O) groups is 1. The number of halogens is 1. The number of amides is 1. The summed E-state index contributed by atoms with van der Waals surface area (Å²) in [5.74, 6) is 0.483. The van der Waals surface area contributed by atoms with E-state index in [0.29, 0.717) is 42.6 Å². The number of hydrogen-bond acceptors (Lipinski definition) is 6. The maximum absolute atomic E-state index is 13.1. The zero-order valence-corrected chi connectivity index (χ0v) is 16.4. The molecule has 3 aromatic rings. The molecule has 4 heterocycles. The van der Waals surface area contributed by atoms with Crippen LogP contribution in [0.4, 0.5) is 0 Å². The van der Waals surface area contributed by atoms with Crippen LogP contribution in [0.1, 0.15) is 21.7 Å². The van der Waals surface area contributed by atoms with Crippen LogP contribution < -0.4 is 4.74 Å². The van der Waals surface area contributed by atoms with E-state index in [2.05, 4.69) is 15.1 Å². The third kappa shape index (κ3) is 3.79. The van der Waals surface area contributed by atoms with Crippen molar-refractivity contribution >= 4 is 23.2 Å². The lowest BCUT2D eigenvalue weighted by Crippen LogP contribution is -2.47. The molecule has 146 valence electrons. The van der Waals surface area contributed by atoms with Crippen molar-refractivity contribution in [3.05, 3.63) is 52.7 Å². The van der Waals surface area contributed by atoms with Crippen LogP contribution in [0.3, 0.4) is 0 Å². The van der Waals surface area contributed by atoms with E-state index in [4.69, 9.17) is 21.1 Å². The lowest BCUT2D eigenvalue weighted by Gasteiger charge is -2.33. The molecule has 1 aliphatic heterocycles. The van der Waals surface area contributed by atoms with Gasteiger partial charge >= 0.3 is 0 Å². The third-order valence-corrected chi connectivity index (χ3v) is 4.82. The molecule has 9 heteroatoms. The Labute approximate surface area is 167 Å². The lowest BCUT2D eigenvalue weighted by atomic mass is 10.2. The fourth-order valence-corrected chi connectivity index (χ4v) is 3.37. The first-order chi connectivity index (χ1) is 13.5. The van der Waals surface area contributed by atoms with Crippen molar-refractivity contribution in [1.82, 2.24) is 24.5 Å². The molecule has 0 radical (unpaired) electrons. The van der Waals surface area contributed by atoms with E-state index < -0.39 is 0 Å². The highest BCUT2D eigenvalue weighted by Crippen LogP contribution is 2.18. The molecule has 0 bridgehead atoms. The number of pyridine rings is 1. The number of carbonyl (C=O) groups excluding carboxylic acids is 1. The van der Waals surface area contributed by atoms with Gasteiger partial charge in [0.2, 0.25) is 0 Å². The van der Waals surface area contributed by atoms with Crippen LogP contribution in [0.2, 0.25) is 5.02 Å². The monoisotopic (exact) mass is 401 g/mol. The van der Waals surface area contributed by atoms with Gasteiger partial charge in [-0.3, -0.25) is 9.78 Å². The number of rotatable bonds is 4. The zero-order valence-electron chi connectivity index (χ0n) is 15.6. The van der Waals surface area contributed by atoms with Crippen molar-refractivity contribution in [3.63, 3.8) is 0 Å². The van der Waals surface area contributed by atoms with Crippen LogP contribution in [0.5, 0.6) is 5.75 Å². The standard InChI is InChI=1S/C19H20ClN5O3/c1-12-5-18-22-9-17(13(2)25(18)23-12)19(26)24-3-4-27-16(10-24)11-28-15-6-14(20)7-21-8-15/h5-9,16H,3-4,10-11H2,1-2H3. The van der Waals surface area contributed by atoms with E-state index in [0.717, 1.165) is 17.0 Å². The summed E-state index contributed by atoms with van der Waals surface area (Å²) in [7, 11) is 0. The van der Waals surface area contributed by atoms with E-state index in [1.54, 1.807) is 34.1 Å². The van der Waals surface area contributed by atoms with E-state index >= 15 is 0 Å². The van der Waals surface area contributed by atoms with Crippen molar-refractivity contribution in [2.75, 3.05) is 26.3 Å². The summed E-state index contributed by atoms with van der Waals surface area (Å²) in [6.45, 7) is 5.48. The molecule has 0 N–H and O–H groups in total. The maximum Gasteiger partial charge on any atom is 0.257 e. The molecule has 1 amide bonds. The normalized spacial score (nSPS) is 17.1. The molecule has 0 spiro atoms. The van der Waals surface area contributed by atoms with Crippen LogP contribution >= 0.6 is 11.6 Å². The Morgan fingerprint density at radius 1 is 1.32 bits per heavy atom. The molecule has 1 fully saturated rings. The summed E-state index contributed by atoms with van der Waals surface area (Å²) in [6, 6.07) is 3.57. The number of ether oxygens (including phenoxy) is 2. The molecule has 3 aromatic heterocycles. The lowest BCUT2D eigenvalue weighted by molar-refractivity contribution is -0.0402. The van der Waals surface area contributed by atoms with Gasteiger partial charge in [-0.2, -0.15) is 5.10 Å². The van der Waals surface area contributed by atoms with Crippen LogP contribution in [0.15, 0.2) is 30.7 Å². The van der Waals surface area contributed by atoms with Crippen LogP contribution in [0.25, 0.3) is 5.65 Å².